The van der Waals surface area contributed by atoms with Crippen molar-refractivity contribution in [1.82, 2.24) is 10.2 Å². The first-order valence-corrected chi connectivity index (χ1v) is 5.80. The molecule has 8 nitrogen and oxygen atoms in total. The van der Waals surface area contributed by atoms with Crippen molar-refractivity contribution in [2.45, 2.75) is 19.0 Å². The Hall–Kier alpha value is -1.83. The second-order valence-electron chi connectivity index (χ2n) is 4.35. The van der Waals surface area contributed by atoms with E-state index in [-0.39, 0.29) is 13.2 Å². The van der Waals surface area contributed by atoms with Crippen LogP contribution in [0.25, 0.3) is 0 Å². The molecule has 1 aliphatic rings. The van der Waals surface area contributed by atoms with Gasteiger partial charge in [-0.2, -0.15) is 0 Å². The van der Waals surface area contributed by atoms with Crippen molar-refractivity contribution >= 4 is 18.0 Å². The van der Waals surface area contributed by atoms with E-state index in [9.17, 15) is 14.4 Å². The summed E-state index contributed by atoms with van der Waals surface area (Å²) < 4.78 is 9.57. The Morgan fingerprint density at radius 2 is 2.05 bits per heavy atom. The summed E-state index contributed by atoms with van der Waals surface area (Å²) in [5.74, 6) is -2.34. The van der Waals surface area contributed by atoms with Crippen molar-refractivity contribution < 1.29 is 29.0 Å². The molecule has 1 heterocycles. The van der Waals surface area contributed by atoms with Crippen molar-refractivity contribution in [2.75, 3.05) is 27.4 Å². The molecular formula is C11H18N2O6. The van der Waals surface area contributed by atoms with Gasteiger partial charge in [-0.3, -0.25) is 4.79 Å². The lowest BCUT2D eigenvalue weighted by Gasteiger charge is -2.27. The van der Waals surface area contributed by atoms with Crippen LogP contribution >= 0.6 is 0 Å². The molecule has 2 N–H and O–H groups in total. The highest BCUT2D eigenvalue weighted by Crippen LogP contribution is 2.19. The molecule has 0 radical (unpaired) electrons. The number of carboxylic acids is 1. The van der Waals surface area contributed by atoms with E-state index < -0.39 is 36.0 Å². The fraction of sp³-hybridized carbons (Fsp3) is 0.727. The molecule has 2 amide bonds. The molecule has 3 atom stereocenters. The Balaban J connectivity index is 2.61. The van der Waals surface area contributed by atoms with Gasteiger partial charge in [0.15, 0.2) is 0 Å². The van der Waals surface area contributed by atoms with Crippen molar-refractivity contribution in [3.63, 3.8) is 0 Å². The van der Waals surface area contributed by atoms with Gasteiger partial charge in [0.2, 0.25) is 0 Å². The smallest absolute Gasteiger partial charge is 0.328 e. The normalized spacial score (nSPS) is 23.5. The first-order valence-electron chi connectivity index (χ1n) is 5.80. The Morgan fingerprint density at radius 1 is 1.42 bits per heavy atom. The van der Waals surface area contributed by atoms with E-state index in [1.165, 1.54) is 26.0 Å². The van der Waals surface area contributed by atoms with Gasteiger partial charge in [0, 0.05) is 7.05 Å². The lowest BCUT2D eigenvalue weighted by atomic mass is 10.0. The number of esters is 1. The van der Waals surface area contributed by atoms with Gasteiger partial charge in [0.05, 0.1) is 26.4 Å². The Kier molecular flexibility index (Phi) is 5.11. The molecule has 108 valence electrons. The molecule has 1 saturated heterocycles. The fourth-order valence-corrected chi connectivity index (χ4v) is 1.83. The second kappa shape index (κ2) is 6.37. The van der Waals surface area contributed by atoms with Crippen LogP contribution in [0.15, 0.2) is 0 Å². The highest BCUT2D eigenvalue weighted by molar-refractivity contribution is 5.83. The maximum atomic E-state index is 11.9. The lowest BCUT2D eigenvalue weighted by Crippen LogP contribution is -2.51. The molecule has 0 bridgehead atoms. The minimum atomic E-state index is -1.01. The predicted octanol–water partition coefficient (Wildman–Crippen LogP) is -0.711. The molecule has 3 unspecified atom stereocenters. The number of hydrogen-bond acceptors (Lipinski definition) is 5. The van der Waals surface area contributed by atoms with E-state index >= 15 is 0 Å². The van der Waals surface area contributed by atoms with Crippen molar-refractivity contribution in [3.8, 4) is 0 Å². The highest BCUT2D eigenvalue weighted by Gasteiger charge is 2.38. The third-order valence-corrected chi connectivity index (χ3v) is 3.08. The van der Waals surface area contributed by atoms with Gasteiger partial charge in [-0.15, -0.1) is 0 Å². The zero-order valence-corrected chi connectivity index (χ0v) is 11.1. The summed E-state index contributed by atoms with van der Waals surface area (Å²) in [5, 5.41) is 11.4. The van der Waals surface area contributed by atoms with E-state index in [1.54, 1.807) is 0 Å². The van der Waals surface area contributed by atoms with Gasteiger partial charge >= 0.3 is 18.0 Å². The zero-order chi connectivity index (χ0) is 14.6. The molecule has 19 heavy (non-hydrogen) atoms. The van der Waals surface area contributed by atoms with Crippen molar-refractivity contribution in [2.24, 2.45) is 5.92 Å². The van der Waals surface area contributed by atoms with Gasteiger partial charge in [-0.1, -0.05) is 0 Å². The number of carboxylic acid groups (broad SMARTS) is 1. The summed E-state index contributed by atoms with van der Waals surface area (Å²) in [6, 6.07) is -1.90. The SMILES string of the molecule is COC(=O)C(C)NC(=O)N(C)C1COCC1C(=O)O. The molecule has 0 spiro atoms. The van der Waals surface area contributed by atoms with Crippen LogP contribution in [-0.2, 0) is 19.1 Å². The van der Waals surface area contributed by atoms with E-state index in [4.69, 9.17) is 9.84 Å². The number of likely N-dealkylation sites (N-methyl/N-ethyl adjacent to an activating group) is 1. The fourth-order valence-electron chi connectivity index (χ4n) is 1.83. The summed E-state index contributed by atoms with van der Waals surface area (Å²) in [5.41, 5.74) is 0. The minimum Gasteiger partial charge on any atom is -0.481 e. The summed E-state index contributed by atoms with van der Waals surface area (Å²) in [7, 11) is 2.69. The molecule has 1 fully saturated rings. The Bertz CT molecular complexity index is 372. The van der Waals surface area contributed by atoms with Crippen molar-refractivity contribution in [1.29, 1.82) is 0 Å². The third-order valence-electron chi connectivity index (χ3n) is 3.08. The number of nitrogens with zero attached hydrogens (tertiary/aromatic N) is 1. The average molecular weight is 274 g/mol. The number of ether oxygens (including phenoxy) is 2. The third kappa shape index (κ3) is 3.57. The number of carbonyl (C=O) groups excluding carboxylic acids is 2. The lowest BCUT2D eigenvalue weighted by molar-refractivity contribution is -0.143. The number of hydrogen-bond donors (Lipinski definition) is 2. The topological polar surface area (TPSA) is 105 Å². The monoisotopic (exact) mass is 274 g/mol. The number of urea groups is 1. The van der Waals surface area contributed by atoms with Gasteiger partial charge < -0.3 is 24.8 Å². The maximum absolute atomic E-state index is 11.9. The minimum absolute atomic E-state index is 0.0736. The predicted molar refractivity (Wildman–Crippen MR) is 63.5 cm³/mol. The van der Waals surface area contributed by atoms with Gasteiger partial charge in [-0.05, 0) is 6.92 Å². The Morgan fingerprint density at radius 3 is 2.58 bits per heavy atom. The summed E-state index contributed by atoms with van der Waals surface area (Å²) >= 11 is 0. The number of nitrogens with one attached hydrogen (secondary N) is 1. The quantitative estimate of drug-likeness (QED) is 0.656. The number of aliphatic carboxylic acids is 1. The number of methoxy groups -OCH3 is 1. The summed E-state index contributed by atoms with van der Waals surface area (Å²) in [6.07, 6.45) is 0. The molecule has 8 heteroatoms. The largest absolute Gasteiger partial charge is 0.481 e. The number of carbonyl (C=O) groups is 3. The molecule has 0 aliphatic carbocycles. The summed E-state index contributed by atoms with van der Waals surface area (Å²) in [6.45, 7) is 1.72. The van der Waals surface area contributed by atoms with E-state index in [0.717, 1.165) is 0 Å². The molecule has 1 aliphatic heterocycles. The molecular weight excluding hydrogens is 256 g/mol. The van der Waals surface area contributed by atoms with Crippen LogP contribution < -0.4 is 5.32 Å². The van der Waals surface area contributed by atoms with Crippen molar-refractivity contribution in [3.05, 3.63) is 0 Å². The van der Waals surface area contributed by atoms with E-state index in [0.29, 0.717) is 0 Å². The van der Waals surface area contributed by atoms with Crippen LogP contribution in [0.2, 0.25) is 0 Å². The van der Waals surface area contributed by atoms with Crippen LogP contribution in [0.4, 0.5) is 4.79 Å². The molecule has 0 saturated carbocycles. The first kappa shape index (κ1) is 15.2. The molecule has 0 aromatic rings. The van der Waals surface area contributed by atoms with E-state index in [2.05, 4.69) is 10.1 Å². The van der Waals surface area contributed by atoms with Crippen LogP contribution in [-0.4, -0.2) is 67.4 Å². The van der Waals surface area contributed by atoms with E-state index in [1.807, 2.05) is 0 Å². The van der Waals surface area contributed by atoms with Gasteiger partial charge in [-0.25, -0.2) is 9.59 Å². The van der Waals surface area contributed by atoms with Crippen LogP contribution in [0.1, 0.15) is 6.92 Å². The van der Waals surface area contributed by atoms with Crippen LogP contribution in [0.5, 0.6) is 0 Å². The summed E-state index contributed by atoms with van der Waals surface area (Å²) in [4.78, 5) is 35.3. The zero-order valence-electron chi connectivity index (χ0n) is 11.1. The number of amides is 2. The Labute approximate surface area is 110 Å². The highest BCUT2D eigenvalue weighted by atomic mass is 16.5. The second-order valence-corrected chi connectivity index (χ2v) is 4.35. The van der Waals surface area contributed by atoms with Crippen LogP contribution in [0, 0.1) is 5.92 Å². The first-order chi connectivity index (χ1) is 8.88. The molecule has 1 rings (SSSR count). The average Bonchev–Trinajstić information content (AvgIpc) is 2.85. The standard InChI is InChI=1S/C11H18N2O6/c1-6(10(16)18-3)12-11(17)13(2)8-5-19-4-7(8)9(14)15/h6-8H,4-5H2,1-3H3,(H,12,17)(H,14,15). The molecule has 0 aromatic carbocycles. The van der Waals surface area contributed by atoms with Gasteiger partial charge in [0.25, 0.3) is 0 Å². The molecule has 0 aromatic heterocycles. The van der Waals surface area contributed by atoms with Crippen LogP contribution in [0.3, 0.4) is 0 Å². The number of rotatable bonds is 4. The van der Waals surface area contributed by atoms with Gasteiger partial charge in [0.1, 0.15) is 12.0 Å². The maximum Gasteiger partial charge on any atom is 0.328 e.